The monoisotopic (exact) mass is 389 g/mol. The third-order valence-corrected chi connectivity index (χ3v) is 5.98. The zero-order valence-corrected chi connectivity index (χ0v) is 16.1. The quantitative estimate of drug-likeness (QED) is 0.271. The molecule has 7 heteroatoms. The zero-order valence-electron chi connectivity index (χ0n) is 14.0. The fraction of sp³-hybridized carbons (Fsp3) is 0. The normalized spacial score (nSPS) is 18.3. The molecule has 0 bridgehead atoms. The number of phosphoric acid groups is 1. The summed E-state index contributed by atoms with van der Waals surface area (Å²) in [5, 5.41) is 3.66. The number of rotatable bonds is 0. The van der Waals surface area contributed by atoms with Crippen molar-refractivity contribution >= 4 is 55.8 Å². The highest BCUT2D eigenvalue weighted by Crippen LogP contribution is 2.57. The average Bonchev–Trinajstić information content (AvgIpc) is 2.76. The molecule has 130 valence electrons. The van der Waals surface area contributed by atoms with Crippen LogP contribution in [-0.2, 0) is 4.57 Å². The Morgan fingerprint density at radius 3 is 2.04 bits per heavy atom. The average molecular weight is 389 g/mol. The summed E-state index contributed by atoms with van der Waals surface area (Å²) >= 11 is 2.58. The second kappa shape index (κ2) is 5.76. The molecule has 0 amide bonds. The van der Waals surface area contributed by atoms with Crippen LogP contribution in [-0.4, -0.2) is 21.2 Å². The van der Waals surface area contributed by atoms with E-state index in [0.717, 1.165) is 21.5 Å². The number of fused-ring (bicyclic) bond motifs is 7. The summed E-state index contributed by atoms with van der Waals surface area (Å²) in [4.78, 5) is 10.3. The fourth-order valence-electron chi connectivity index (χ4n) is 3.64. The summed E-state index contributed by atoms with van der Waals surface area (Å²) in [6, 6.07) is 19.2. The van der Waals surface area contributed by atoms with Gasteiger partial charge in [-0.3, -0.25) is 4.89 Å². The molecule has 4 aromatic carbocycles. The van der Waals surface area contributed by atoms with Crippen LogP contribution in [0.5, 0.6) is 11.5 Å². The summed E-state index contributed by atoms with van der Waals surface area (Å²) in [6.07, 6.45) is 0. The Morgan fingerprint density at radius 1 is 0.852 bits per heavy atom. The summed E-state index contributed by atoms with van der Waals surface area (Å²) in [6.45, 7) is 0. The number of anilines is 1. The summed E-state index contributed by atoms with van der Waals surface area (Å²) in [7, 11) is -4.40. The van der Waals surface area contributed by atoms with Gasteiger partial charge in [-0.15, -0.1) is 0 Å². The molecule has 3 N–H and O–H groups in total. The van der Waals surface area contributed by atoms with Crippen molar-refractivity contribution in [1.29, 1.82) is 0 Å². The van der Waals surface area contributed by atoms with Crippen molar-refractivity contribution in [1.82, 2.24) is 0 Å². The maximum Gasteiger partial charge on any atom is 0.584 e. The van der Waals surface area contributed by atoms with E-state index in [4.69, 9.17) is 14.8 Å². The van der Waals surface area contributed by atoms with Gasteiger partial charge in [-0.1, -0.05) is 59.0 Å². The van der Waals surface area contributed by atoms with Gasteiger partial charge in [0.15, 0.2) is 22.0 Å². The molecule has 0 fully saturated rings. The van der Waals surface area contributed by atoms with E-state index < -0.39 is 7.82 Å². The van der Waals surface area contributed by atoms with Gasteiger partial charge in [0.2, 0.25) is 0 Å². The van der Waals surface area contributed by atoms with Crippen molar-refractivity contribution in [2.24, 2.45) is 0 Å². The van der Waals surface area contributed by atoms with E-state index in [0.29, 0.717) is 21.3 Å². The molecule has 0 spiro atoms. The Kier molecular flexibility index (Phi) is 3.56. The molecule has 1 atom stereocenters. The zero-order chi connectivity index (χ0) is 18.8. The molecular weight excluding hydrogens is 376 g/mol. The van der Waals surface area contributed by atoms with Crippen LogP contribution in [0.25, 0.3) is 32.7 Å². The first-order chi connectivity index (χ1) is 12.9. The van der Waals surface area contributed by atoms with Gasteiger partial charge >= 0.3 is 7.82 Å². The van der Waals surface area contributed by atoms with Crippen molar-refractivity contribution in [3.05, 3.63) is 60.7 Å². The maximum atomic E-state index is 12.6. The first-order valence-electron chi connectivity index (χ1n) is 8.29. The van der Waals surface area contributed by atoms with Gasteiger partial charge in [-0.25, -0.2) is 4.57 Å². The SMILES string of the molecule is Nc1cc2ccccc2c2c1OP(=O)(O)Oc1[c]([Al])cc3ccccc3c1-2. The minimum absolute atomic E-state index is 0.166. The Morgan fingerprint density at radius 2 is 1.37 bits per heavy atom. The second-order valence-corrected chi connectivity index (χ2v) is 8.36. The summed E-state index contributed by atoms with van der Waals surface area (Å²) < 4.78 is 24.2. The van der Waals surface area contributed by atoms with Crippen LogP contribution in [0.15, 0.2) is 60.7 Å². The molecule has 1 aliphatic heterocycles. The molecule has 27 heavy (non-hydrogen) atoms. The number of nitrogen functional groups attached to an aromatic ring is 1. The lowest BCUT2D eigenvalue weighted by molar-refractivity contribution is 0.296. The van der Waals surface area contributed by atoms with Crippen LogP contribution in [0.1, 0.15) is 0 Å². The summed E-state index contributed by atoms with van der Waals surface area (Å²) in [5.41, 5.74) is 7.86. The highest BCUT2D eigenvalue weighted by Gasteiger charge is 2.35. The van der Waals surface area contributed by atoms with Crippen LogP contribution < -0.4 is 19.2 Å². The molecule has 1 unspecified atom stereocenters. The van der Waals surface area contributed by atoms with Gasteiger partial charge in [0.25, 0.3) is 0 Å². The second-order valence-electron chi connectivity index (χ2n) is 6.43. The van der Waals surface area contributed by atoms with Crippen molar-refractivity contribution in [2.45, 2.75) is 0 Å². The van der Waals surface area contributed by atoms with E-state index in [1.165, 1.54) is 0 Å². The minimum atomic E-state index is -4.40. The van der Waals surface area contributed by atoms with E-state index in [-0.39, 0.29) is 11.4 Å². The lowest BCUT2D eigenvalue weighted by atomic mass is 9.91. The third-order valence-electron chi connectivity index (χ3n) is 4.72. The van der Waals surface area contributed by atoms with Crippen LogP contribution in [0, 0.1) is 0 Å². The molecule has 5 rings (SSSR count). The van der Waals surface area contributed by atoms with Gasteiger partial charge < -0.3 is 14.8 Å². The molecule has 4 aromatic rings. The highest BCUT2D eigenvalue weighted by molar-refractivity contribution is 7.48. The highest BCUT2D eigenvalue weighted by atomic mass is 31.2. The Balaban J connectivity index is 2.08. The van der Waals surface area contributed by atoms with Crippen LogP contribution in [0.2, 0.25) is 0 Å². The Hall–Kier alpha value is -2.48. The van der Waals surface area contributed by atoms with Gasteiger partial charge in [-0.05, 0) is 27.6 Å². The number of hydrogen-bond acceptors (Lipinski definition) is 4. The largest absolute Gasteiger partial charge is 0.584 e. The molecule has 0 saturated heterocycles. The molecular formula is C20H13AlNO4P. The van der Waals surface area contributed by atoms with E-state index in [2.05, 4.69) is 16.3 Å². The molecule has 5 nitrogen and oxygen atoms in total. The molecule has 0 aliphatic carbocycles. The van der Waals surface area contributed by atoms with Crippen molar-refractivity contribution in [3.8, 4) is 22.6 Å². The Labute approximate surface area is 163 Å². The van der Waals surface area contributed by atoms with Crippen molar-refractivity contribution in [3.63, 3.8) is 0 Å². The van der Waals surface area contributed by atoms with E-state index >= 15 is 0 Å². The van der Waals surface area contributed by atoms with E-state index in [1.54, 1.807) is 6.07 Å². The Bertz CT molecular complexity index is 1210. The smallest absolute Gasteiger partial charge is 0.396 e. The minimum Gasteiger partial charge on any atom is -0.396 e. The standard InChI is InChI=1S/C20H13NO4P.Al/c21-16-11-13-6-2-4-8-15(13)19-18-14-7-3-1-5-12(14)9-10-17(18)24-26(22,23)25-20(16)19;/h1-9,11H,21H2,(H,22,23);. The predicted octanol–water partition coefficient (Wildman–Crippen LogP) is 3.91. The van der Waals surface area contributed by atoms with Crippen LogP contribution in [0.4, 0.5) is 5.69 Å². The first-order valence-corrected chi connectivity index (χ1v) is 10.4. The number of hydrogen-bond donors (Lipinski definition) is 2. The first kappa shape index (κ1) is 16.7. The molecule has 1 aliphatic rings. The maximum absolute atomic E-state index is 12.6. The van der Waals surface area contributed by atoms with Gasteiger partial charge in [0.1, 0.15) is 5.75 Å². The number of nitrogens with two attached hydrogens (primary N) is 1. The number of benzene rings is 4. The predicted molar refractivity (Wildman–Crippen MR) is 108 cm³/mol. The lowest BCUT2D eigenvalue weighted by Gasteiger charge is -2.16. The fourth-order valence-corrected chi connectivity index (χ4v) is 5.02. The van der Waals surface area contributed by atoms with Gasteiger partial charge in [0.05, 0.1) is 5.69 Å². The van der Waals surface area contributed by atoms with Gasteiger partial charge in [-0.2, -0.15) is 0 Å². The summed E-state index contributed by atoms with van der Waals surface area (Å²) in [5.74, 6) is 0.470. The van der Waals surface area contributed by atoms with Crippen LogP contribution in [0.3, 0.4) is 0 Å². The van der Waals surface area contributed by atoms with Crippen molar-refractivity contribution < 1.29 is 18.5 Å². The molecule has 0 saturated carbocycles. The lowest BCUT2D eigenvalue weighted by Crippen LogP contribution is -2.10. The van der Waals surface area contributed by atoms with Gasteiger partial charge in [0, 0.05) is 11.1 Å². The molecule has 1 heterocycles. The third kappa shape index (κ3) is 2.54. The topological polar surface area (TPSA) is 81.8 Å². The van der Waals surface area contributed by atoms with E-state index in [1.807, 2.05) is 54.6 Å². The van der Waals surface area contributed by atoms with E-state index in [9.17, 15) is 9.46 Å². The van der Waals surface area contributed by atoms with Crippen LogP contribution >= 0.6 is 7.82 Å². The molecule has 2 radical (unpaired) electrons. The molecule has 0 aromatic heterocycles. The van der Waals surface area contributed by atoms with Crippen molar-refractivity contribution in [2.75, 3.05) is 5.73 Å². The number of phosphoric ester groups is 1.